The van der Waals surface area contributed by atoms with Gasteiger partial charge in [0.05, 0.1) is 17.6 Å². The molecule has 1 saturated heterocycles. The highest BCUT2D eigenvalue weighted by atomic mass is 32.2. The number of hydrogen-bond acceptors (Lipinski definition) is 5. The number of aryl methyl sites for hydroxylation is 1. The Bertz CT molecular complexity index is 744. The lowest BCUT2D eigenvalue weighted by Crippen LogP contribution is -2.55. The van der Waals surface area contributed by atoms with Gasteiger partial charge in [-0.2, -0.15) is 5.10 Å². The largest absolute Gasteiger partial charge is 0.356 e. The fourth-order valence-electron chi connectivity index (χ4n) is 2.63. The molecule has 0 bridgehead atoms. The molecule has 0 radical (unpaired) electrons. The fraction of sp³-hybridized carbons (Fsp3) is 0.667. The minimum absolute atomic E-state index is 0.0112. The first-order valence-corrected chi connectivity index (χ1v) is 10.2. The van der Waals surface area contributed by atoms with Gasteiger partial charge in [-0.05, 0) is 13.3 Å². The van der Waals surface area contributed by atoms with Gasteiger partial charge in [0.1, 0.15) is 6.54 Å². The van der Waals surface area contributed by atoms with Crippen LogP contribution in [-0.4, -0.2) is 80.5 Å². The van der Waals surface area contributed by atoms with Crippen LogP contribution in [0, 0.1) is 0 Å². The molecule has 0 aliphatic carbocycles. The second-order valence-corrected chi connectivity index (χ2v) is 8.06. The Morgan fingerprint density at radius 2 is 2.12 bits per heavy atom. The summed E-state index contributed by atoms with van der Waals surface area (Å²) in [5, 5.41) is 7.28. The molecule has 1 fully saturated rings. The number of nitrogens with one attached hydrogen (secondary N) is 2. The van der Waals surface area contributed by atoms with E-state index in [1.54, 1.807) is 29.7 Å². The van der Waals surface area contributed by atoms with Crippen molar-refractivity contribution in [2.24, 2.45) is 12.0 Å². The van der Waals surface area contributed by atoms with Crippen LogP contribution in [0.2, 0.25) is 0 Å². The van der Waals surface area contributed by atoms with Crippen LogP contribution in [0.4, 0.5) is 5.69 Å². The van der Waals surface area contributed by atoms with E-state index in [0.29, 0.717) is 38.6 Å². The summed E-state index contributed by atoms with van der Waals surface area (Å²) in [4.78, 5) is 20.3. The third kappa shape index (κ3) is 5.43. The Labute approximate surface area is 154 Å². The second kappa shape index (κ2) is 8.99. The van der Waals surface area contributed by atoms with E-state index in [9.17, 15) is 13.2 Å². The Balaban J connectivity index is 1.79. The quantitative estimate of drug-likeness (QED) is 0.353. The summed E-state index contributed by atoms with van der Waals surface area (Å²) in [5.74, 6) is 0.705. The molecule has 26 heavy (non-hydrogen) atoms. The zero-order valence-electron chi connectivity index (χ0n) is 15.5. The topological polar surface area (TPSA) is 112 Å². The maximum Gasteiger partial charge on any atom is 0.246 e. The van der Waals surface area contributed by atoms with Crippen molar-refractivity contribution in [3.63, 3.8) is 0 Å². The highest BCUT2D eigenvalue weighted by Gasteiger charge is 2.27. The number of piperazine rings is 1. The lowest BCUT2D eigenvalue weighted by Gasteiger charge is -2.35. The van der Waals surface area contributed by atoms with Gasteiger partial charge in [0, 0.05) is 46.5 Å². The number of aliphatic imine (C=N–C) groups is 1. The average Bonchev–Trinajstić information content (AvgIpc) is 3.04. The Kier molecular flexibility index (Phi) is 6.98. The lowest BCUT2D eigenvalue weighted by atomic mass is 10.3. The van der Waals surface area contributed by atoms with Gasteiger partial charge in [-0.1, -0.05) is 0 Å². The summed E-state index contributed by atoms with van der Waals surface area (Å²) < 4.78 is 26.9. The second-order valence-electron chi connectivity index (χ2n) is 5.96. The molecule has 2 heterocycles. The fourth-order valence-corrected chi connectivity index (χ4v) is 3.28. The van der Waals surface area contributed by atoms with Gasteiger partial charge in [0.15, 0.2) is 5.96 Å². The van der Waals surface area contributed by atoms with Crippen LogP contribution in [0.5, 0.6) is 0 Å². The van der Waals surface area contributed by atoms with Gasteiger partial charge >= 0.3 is 0 Å². The van der Waals surface area contributed by atoms with Crippen LogP contribution >= 0.6 is 0 Å². The van der Waals surface area contributed by atoms with Gasteiger partial charge < -0.3 is 15.1 Å². The smallest absolute Gasteiger partial charge is 0.246 e. The Morgan fingerprint density at radius 1 is 1.35 bits per heavy atom. The zero-order valence-corrected chi connectivity index (χ0v) is 16.3. The zero-order chi connectivity index (χ0) is 19.2. The molecule has 0 saturated carbocycles. The summed E-state index contributed by atoms with van der Waals surface area (Å²) in [6, 6.07) is 0. The number of amides is 1. The maximum absolute atomic E-state index is 12.4. The molecule has 0 unspecified atom stereocenters. The standard InChI is InChI=1S/C15H27N7O3S/c1-4-26(24,25)19-7-5-6-17-15(16-2)21-8-9-22(14(23)12-21)13-10-18-20(3)11-13/h10-11,19H,4-9,12H2,1-3H3,(H,16,17). The third-order valence-corrected chi connectivity index (χ3v) is 5.48. The van der Waals surface area contributed by atoms with Crippen LogP contribution in [0.25, 0.3) is 0 Å². The summed E-state index contributed by atoms with van der Waals surface area (Å²) in [7, 11) is 0.323. The summed E-state index contributed by atoms with van der Waals surface area (Å²) in [6.07, 6.45) is 4.12. The highest BCUT2D eigenvalue weighted by Crippen LogP contribution is 2.15. The molecular weight excluding hydrogens is 358 g/mol. The van der Waals surface area contributed by atoms with Crippen molar-refractivity contribution in [3.8, 4) is 0 Å². The number of anilines is 1. The van der Waals surface area contributed by atoms with Crippen LogP contribution in [-0.2, 0) is 21.9 Å². The number of hydrogen-bond donors (Lipinski definition) is 2. The molecule has 1 aromatic heterocycles. The Morgan fingerprint density at radius 3 is 2.69 bits per heavy atom. The van der Waals surface area contributed by atoms with E-state index < -0.39 is 10.0 Å². The van der Waals surface area contributed by atoms with Crippen LogP contribution < -0.4 is 14.9 Å². The SMILES string of the molecule is CCS(=O)(=O)NCCCNC(=NC)N1CCN(c2cnn(C)c2)C(=O)C1. The van der Waals surface area contributed by atoms with Crippen molar-refractivity contribution in [2.75, 3.05) is 50.4 Å². The van der Waals surface area contributed by atoms with Gasteiger partial charge in [-0.3, -0.25) is 14.5 Å². The predicted octanol–water partition coefficient (Wildman–Crippen LogP) is -1.03. The van der Waals surface area contributed by atoms with Crippen molar-refractivity contribution >= 4 is 27.6 Å². The molecule has 146 valence electrons. The molecule has 10 nitrogen and oxygen atoms in total. The summed E-state index contributed by atoms with van der Waals surface area (Å²) >= 11 is 0. The average molecular weight is 385 g/mol. The third-order valence-electron chi connectivity index (χ3n) is 4.07. The molecule has 1 aromatic rings. The number of nitrogens with zero attached hydrogens (tertiary/aromatic N) is 5. The number of carbonyl (C=O) groups excluding carboxylic acids is 1. The molecule has 0 spiro atoms. The van der Waals surface area contributed by atoms with E-state index in [4.69, 9.17) is 0 Å². The van der Waals surface area contributed by atoms with Crippen molar-refractivity contribution in [1.82, 2.24) is 24.7 Å². The minimum Gasteiger partial charge on any atom is -0.356 e. The molecule has 2 rings (SSSR count). The predicted molar refractivity (Wildman–Crippen MR) is 101 cm³/mol. The van der Waals surface area contributed by atoms with Crippen LogP contribution in [0.15, 0.2) is 17.4 Å². The van der Waals surface area contributed by atoms with Gasteiger partial charge in [-0.15, -0.1) is 0 Å². The monoisotopic (exact) mass is 385 g/mol. The van der Waals surface area contributed by atoms with E-state index >= 15 is 0 Å². The first-order chi connectivity index (χ1) is 12.4. The van der Waals surface area contributed by atoms with Crippen LogP contribution in [0.1, 0.15) is 13.3 Å². The Hall–Kier alpha value is -2.14. The number of aromatic nitrogens is 2. The molecular formula is C15H27N7O3S. The number of sulfonamides is 1. The minimum atomic E-state index is -3.16. The summed E-state index contributed by atoms with van der Waals surface area (Å²) in [5.41, 5.74) is 0.795. The van der Waals surface area contributed by atoms with Gasteiger partial charge in [0.2, 0.25) is 15.9 Å². The lowest BCUT2D eigenvalue weighted by molar-refractivity contribution is -0.120. The molecule has 11 heteroatoms. The highest BCUT2D eigenvalue weighted by molar-refractivity contribution is 7.89. The van der Waals surface area contributed by atoms with E-state index in [1.807, 2.05) is 18.1 Å². The van der Waals surface area contributed by atoms with E-state index in [2.05, 4.69) is 20.1 Å². The first-order valence-electron chi connectivity index (χ1n) is 8.58. The van der Waals surface area contributed by atoms with E-state index in [1.165, 1.54) is 0 Å². The molecule has 1 aliphatic heterocycles. The molecule has 0 atom stereocenters. The van der Waals surface area contributed by atoms with Gasteiger partial charge in [0.25, 0.3) is 0 Å². The first kappa shape index (κ1) is 20.2. The molecule has 1 amide bonds. The van der Waals surface area contributed by atoms with Crippen molar-refractivity contribution < 1.29 is 13.2 Å². The number of carbonyl (C=O) groups is 1. The number of rotatable bonds is 7. The molecule has 2 N–H and O–H groups in total. The molecule has 0 aromatic carbocycles. The van der Waals surface area contributed by atoms with E-state index in [-0.39, 0.29) is 18.2 Å². The number of guanidine groups is 1. The van der Waals surface area contributed by atoms with Gasteiger partial charge in [-0.25, -0.2) is 13.1 Å². The van der Waals surface area contributed by atoms with Crippen molar-refractivity contribution in [2.45, 2.75) is 13.3 Å². The van der Waals surface area contributed by atoms with E-state index in [0.717, 1.165) is 5.69 Å². The van der Waals surface area contributed by atoms with Crippen molar-refractivity contribution in [1.29, 1.82) is 0 Å². The normalized spacial score (nSPS) is 16.3. The van der Waals surface area contributed by atoms with Crippen LogP contribution in [0.3, 0.4) is 0 Å². The maximum atomic E-state index is 12.4. The summed E-state index contributed by atoms with van der Waals surface area (Å²) in [6.45, 7) is 3.98. The molecule has 1 aliphatic rings. The van der Waals surface area contributed by atoms with Crippen molar-refractivity contribution in [3.05, 3.63) is 12.4 Å².